The van der Waals surface area contributed by atoms with Gasteiger partial charge in [-0.1, -0.05) is 36.4 Å². The largest absolute Gasteiger partial charge is 0.388 e. The Balaban J connectivity index is 1.69. The highest BCUT2D eigenvalue weighted by Gasteiger charge is 2.49. The topological polar surface area (TPSA) is 71.3 Å². The summed E-state index contributed by atoms with van der Waals surface area (Å²) < 4.78 is 1.32. The molecule has 1 unspecified atom stereocenters. The quantitative estimate of drug-likeness (QED) is 0.881. The van der Waals surface area contributed by atoms with Crippen LogP contribution in [0.4, 0.5) is 0 Å². The molecule has 1 fully saturated rings. The second-order valence-electron chi connectivity index (χ2n) is 6.17. The Bertz CT molecular complexity index is 763. The molecule has 120 valence electrons. The molecule has 0 saturated heterocycles. The third-order valence-electron chi connectivity index (χ3n) is 4.61. The summed E-state index contributed by atoms with van der Waals surface area (Å²) in [6.45, 7) is 0.394. The van der Waals surface area contributed by atoms with Gasteiger partial charge in [0.05, 0.1) is 6.10 Å². The van der Waals surface area contributed by atoms with Crippen molar-refractivity contribution in [3.63, 3.8) is 0 Å². The molecule has 2 N–H and O–H groups in total. The summed E-state index contributed by atoms with van der Waals surface area (Å²) in [5, 5.41) is 13.4. The number of aliphatic hydroxyl groups excluding tert-OH is 1. The minimum Gasteiger partial charge on any atom is -0.388 e. The lowest BCUT2D eigenvalue weighted by Crippen LogP contribution is -2.36. The van der Waals surface area contributed by atoms with Crippen LogP contribution in [-0.2, 0) is 7.05 Å². The van der Waals surface area contributed by atoms with Crippen molar-refractivity contribution in [3.05, 3.63) is 70.1 Å². The predicted molar refractivity (Wildman–Crippen MR) is 87.1 cm³/mol. The molecule has 5 heteroatoms. The van der Waals surface area contributed by atoms with Gasteiger partial charge >= 0.3 is 0 Å². The van der Waals surface area contributed by atoms with Crippen molar-refractivity contribution in [2.75, 3.05) is 6.54 Å². The van der Waals surface area contributed by atoms with E-state index in [2.05, 4.69) is 5.32 Å². The number of carbonyl (C=O) groups is 1. The fourth-order valence-electron chi connectivity index (χ4n) is 2.84. The zero-order valence-electron chi connectivity index (χ0n) is 13.0. The highest BCUT2D eigenvalue weighted by Crippen LogP contribution is 2.54. The summed E-state index contributed by atoms with van der Waals surface area (Å²) in [7, 11) is 1.57. The Hall–Kier alpha value is -2.40. The van der Waals surface area contributed by atoms with Crippen LogP contribution in [0.2, 0.25) is 0 Å². The molecule has 2 aromatic rings. The Morgan fingerprint density at radius 1 is 1.22 bits per heavy atom. The van der Waals surface area contributed by atoms with Crippen molar-refractivity contribution in [2.24, 2.45) is 12.5 Å². The highest BCUT2D eigenvalue weighted by molar-refractivity contribution is 5.92. The van der Waals surface area contributed by atoms with Crippen molar-refractivity contribution in [2.45, 2.75) is 18.9 Å². The summed E-state index contributed by atoms with van der Waals surface area (Å²) >= 11 is 0. The molecule has 23 heavy (non-hydrogen) atoms. The van der Waals surface area contributed by atoms with E-state index in [0.29, 0.717) is 12.2 Å². The lowest BCUT2D eigenvalue weighted by molar-refractivity contribution is 0.0802. The fourth-order valence-corrected chi connectivity index (χ4v) is 2.84. The van der Waals surface area contributed by atoms with Gasteiger partial charge in [0, 0.05) is 25.1 Å². The predicted octanol–water partition coefficient (Wildman–Crippen LogP) is 1.63. The maximum atomic E-state index is 12.3. The fraction of sp³-hybridized carbons (Fsp3) is 0.333. The first-order valence-electron chi connectivity index (χ1n) is 7.71. The Morgan fingerprint density at radius 3 is 2.57 bits per heavy atom. The molecule has 1 amide bonds. The molecule has 0 radical (unpaired) electrons. The average molecular weight is 312 g/mol. The van der Waals surface area contributed by atoms with Crippen LogP contribution in [0.15, 0.2) is 53.3 Å². The van der Waals surface area contributed by atoms with Crippen LogP contribution < -0.4 is 10.9 Å². The summed E-state index contributed by atoms with van der Waals surface area (Å²) in [6, 6.07) is 14.1. The van der Waals surface area contributed by atoms with Crippen molar-refractivity contribution < 1.29 is 9.90 Å². The first-order valence-corrected chi connectivity index (χ1v) is 7.71. The molecule has 0 bridgehead atoms. The third kappa shape index (κ3) is 3.05. The number of carbonyl (C=O) groups excluding carboxylic acids is 1. The first kappa shape index (κ1) is 15.5. The van der Waals surface area contributed by atoms with Crippen LogP contribution in [0.1, 0.15) is 35.0 Å². The van der Waals surface area contributed by atoms with E-state index in [1.165, 1.54) is 10.6 Å². The number of rotatable bonds is 5. The maximum absolute atomic E-state index is 12.3. The molecule has 0 aliphatic heterocycles. The van der Waals surface area contributed by atoms with Crippen LogP contribution in [-0.4, -0.2) is 22.1 Å². The zero-order chi connectivity index (χ0) is 16.4. The Kier molecular flexibility index (Phi) is 4.05. The van der Waals surface area contributed by atoms with Gasteiger partial charge in [0.1, 0.15) is 5.69 Å². The van der Waals surface area contributed by atoms with Gasteiger partial charge in [0.15, 0.2) is 0 Å². The zero-order valence-corrected chi connectivity index (χ0v) is 13.0. The molecular formula is C18H20N2O3. The van der Waals surface area contributed by atoms with E-state index in [1.807, 2.05) is 30.3 Å². The Morgan fingerprint density at radius 2 is 1.91 bits per heavy atom. The maximum Gasteiger partial charge on any atom is 0.268 e. The number of benzene rings is 1. The van der Waals surface area contributed by atoms with Crippen molar-refractivity contribution >= 4 is 5.91 Å². The van der Waals surface area contributed by atoms with Crippen LogP contribution in [0.3, 0.4) is 0 Å². The summed E-state index contributed by atoms with van der Waals surface area (Å²) in [4.78, 5) is 23.9. The van der Waals surface area contributed by atoms with Gasteiger partial charge in [-0.25, -0.2) is 0 Å². The molecule has 1 aliphatic carbocycles. The smallest absolute Gasteiger partial charge is 0.268 e. The minimum atomic E-state index is -0.594. The lowest BCUT2D eigenvalue weighted by Gasteiger charge is -2.23. The molecule has 1 aliphatic rings. The van der Waals surface area contributed by atoms with E-state index < -0.39 is 6.10 Å². The van der Waals surface area contributed by atoms with Gasteiger partial charge in [-0.05, 0) is 24.5 Å². The van der Waals surface area contributed by atoms with Crippen molar-refractivity contribution in [3.8, 4) is 0 Å². The summed E-state index contributed by atoms with van der Waals surface area (Å²) in [6.07, 6.45) is 1.15. The van der Waals surface area contributed by atoms with Gasteiger partial charge < -0.3 is 15.0 Å². The number of amides is 1. The lowest BCUT2D eigenvalue weighted by atomic mass is 9.92. The second-order valence-corrected chi connectivity index (χ2v) is 6.17. The number of pyridine rings is 1. The molecule has 1 aromatic heterocycles. The van der Waals surface area contributed by atoms with Crippen LogP contribution in [0.5, 0.6) is 0 Å². The molecule has 3 rings (SSSR count). The van der Waals surface area contributed by atoms with Crippen LogP contribution in [0.25, 0.3) is 0 Å². The van der Waals surface area contributed by atoms with Crippen molar-refractivity contribution in [1.82, 2.24) is 9.88 Å². The van der Waals surface area contributed by atoms with E-state index >= 15 is 0 Å². The van der Waals surface area contributed by atoms with Crippen LogP contribution >= 0.6 is 0 Å². The first-order chi connectivity index (χ1) is 11.0. The van der Waals surface area contributed by atoms with Gasteiger partial charge in [0.2, 0.25) is 0 Å². The number of aliphatic hydroxyl groups is 1. The molecule has 1 aromatic carbocycles. The van der Waals surface area contributed by atoms with Crippen molar-refractivity contribution in [1.29, 1.82) is 0 Å². The summed E-state index contributed by atoms with van der Waals surface area (Å²) in [5.74, 6) is -0.295. The molecule has 1 saturated carbocycles. The van der Waals surface area contributed by atoms with E-state index in [-0.39, 0.29) is 16.9 Å². The number of nitrogens with zero attached hydrogens (tertiary/aromatic N) is 1. The van der Waals surface area contributed by atoms with E-state index in [0.717, 1.165) is 18.4 Å². The van der Waals surface area contributed by atoms with Gasteiger partial charge in [-0.3, -0.25) is 9.59 Å². The van der Waals surface area contributed by atoms with Gasteiger partial charge in [-0.15, -0.1) is 0 Å². The van der Waals surface area contributed by atoms with Gasteiger partial charge in [-0.2, -0.15) is 0 Å². The monoisotopic (exact) mass is 312 g/mol. The third-order valence-corrected chi connectivity index (χ3v) is 4.61. The molecule has 1 atom stereocenters. The molecule has 0 spiro atoms. The number of nitrogens with one attached hydrogen (secondary N) is 1. The number of hydrogen-bond donors (Lipinski definition) is 2. The highest BCUT2D eigenvalue weighted by atomic mass is 16.3. The summed E-state index contributed by atoms with van der Waals surface area (Å²) in [5.41, 5.74) is 0.668. The van der Waals surface area contributed by atoms with E-state index in [9.17, 15) is 14.7 Å². The number of hydrogen-bond acceptors (Lipinski definition) is 3. The number of aromatic nitrogens is 1. The normalized spacial score (nSPS) is 16.6. The standard InChI is InChI=1S/C18H20N2O3/c1-20-14(8-5-9-15(20)21)17(23)19-12-18(10-11-18)16(22)13-6-3-2-4-7-13/h2-9,16,22H,10-12H2,1H3,(H,19,23). The SMILES string of the molecule is Cn1c(C(=O)NCC2(C(O)c3ccccc3)CC2)cccc1=O. The molecule has 5 nitrogen and oxygen atoms in total. The Labute approximate surface area is 134 Å². The van der Waals surface area contributed by atoms with E-state index in [1.54, 1.807) is 19.2 Å². The second kappa shape index (κ2) is 6.01. The average Bonchev–Trinajstić information content (AvgIpc) is 3.36. The van der Waals surface area contributed by atoms with Crippen LogP contribution in [0, 0.1) is 5.41 Å². The molecule has 1 heterocycles. The molecular weight excluding hydrogens is 292 g/mol. The minimum absolute atomic E-state index is 0.219. The van der Waals surface area contributed by atoms with E-state index in [4.69, 9.17) is 0 Å². The van der Waals surface area contributed by atoms with Gasteiger partial charge in [0.25, 0.3) is 11.5 Å².